The molecule has 1 N–H and O–H groups in total. The minimum atomic E-state index is -0.219. The molecule has 0 radical (unpaired) electrons. The fraction of sp³-hybridized carbons (Fsp3) is 0.412. The van der Waals surface area contributed by atoms with Crippen LogP contribution in [0.3, 0.4) is 0 Å². The van der Waals surface area contributed by atoms with Crippen molar-refractivity contribution in [3.05, 3.63) is 51.2 Å². The minimum absolute atomic E-state index is 0.0709. The summed E-state index contributed by atoms with van der Waals surface area (Å²) in [6.07, 6.45) is 1.29. The van der Waals surface area contributed by atoms with E-state index in [9.17, 15) is 9.18 Å². The Kier molecular flexibility index (Phi) is 7.05. The first-order valence-electron chi connectivity index (χ1n) is 7.56. The largest absolute Gasteiger partial charge is 0.356 e. The number of rotatable bonds is 8. The first-order chi connectivity index (χ1) is 11.0. The second-order valence-electron chi connectivity index (χ2n) is 5.28. The van der Waals surface area contributed by atoms with E-state index >= 15 is 0 Å². The quantitative estimate of drug-likeness (QED) is 0.733. The van der Waals surface area contributed by atoms with Gasteiger partial charge in [-0.1, -0.05) is 12.1 Å². The average Bonchev–Trinajstić information content (AvgIpc) is 2.84. The van der Waals surface area contributed by atoms with E-state index in [-0.39, 0.29) is 11.7 Å². The number of carbonyl (C=O) groups excluding carboxylic acids is 1. The van der Waals surface area contributed by atoms with Crippen LogP contribution in [-0.4, -0.2) is 23.2 Å². The maximum atomic E-state index is 12.8. The number of hydrogen-bond donors (Lipinski definition) is 1. The van der Waals surface area contributed by atoms with E-state index in [4.69, 9.17) is 0 Å². The van der Waals surface area contributed by atoms with Crippen LogP contribution in [0.25, 0.3) is 0 Å². The highest BCUT2D eigenvalue weighted by Crippen LogP contribution is 2.16. The molecular weight excluding hydrogens is 331 g/mol. The third-order valence-corrected chi connectivity index (χ3v) is 5.55. The van der Waals surface area contributed by atoms with Crippen LogP contribution in [0, 0.1) is 19.7 Å². The molecule has 0 aliphatic heterocycles. The molecule has 3 nitrogen and oxygen atoms in total. The van der Waals surface area contributed by atoms with E-state index < -0.39 is 0 Å². The van der Waals surface area contributed by atoms with Gasteiger partial charge in [0.2, 0.25) is 5.91 Å². The predicted molar refractivity (Wildman–Crippen MR) is 95.5 cm³/mol. The van der Waals surface area contributed by atoms with E-state index in [1.807, 2.05) is 6.92 Å². The van der Waals surface area contributed by atoms with Gasteiger partial charge in [-0.3, -0.25) is 4.79 Å². The number of amides is 1. The standard InChI is InChI=1S/C17H21FN2OS2/c1-12-13(2)23-17(20-12)7-9-19-16(21)8-10-22-11-14-3-5-15(18)6-4-14/h3-6H,7-11H2,1-2H3,(H,19,21). The Bertz CT molecular complexity index is 621. The number of aryl methyl sites for hydroxylation is 2. The molecule has 23 heavy (non-hydrogen) atoms. The monoisotopic (exact) mass is 352 g/mol. The SMILES string of the molecule is Cc1nc(CCNC(=O)CCSCc2ccc(F)cc2)sc1C. The first-order valence-corrected chi connectivity index (χ1v) is 9.53. The van der Waals surface area contributed by atoms with Gasteiger partial charge in [0, 0.05) is 35.8 Å². The molecule has 2 aromatic rings. The van der Waals surface area contributed by atoms with Crippen LogP contribution in [0.2, 0.25) is 0 Å². The fourth-order valence-electron chi connectivity index (χ4n) is 1.98. The van der Waals surface area contributed by atoms with Crippen LogP contribution in [0.1, 0.15) is 27.6 Å². The lowest BCUT2D eigenvalue weighted by atomic mass is 10.2. The smallest absolute Gasteiger partial charge is 0.220 e. The summed E-state index contributed by atoms with van der Waals surface area (Å²) in [6, 6.07) is 6.48. The number of nitrogens with zero attached hydrogens (tertiary/aromatic N) is 1. The van der Waals surface area contributed by atoms with Crippen molar-refractivity contribution in [2.75, 3.05) is 12.3 Å². The molecule has 0 saturated carbocycles. The van der Waals surface area contributed by atoms with Gasteiger partial charge in [-0.2, -0.15) is 11.8 Å². The summed E-state index contributed by atoms with van der Waals surface area (Å²) in [6.45, 7) is 4.70. The van der Waals surface area contributed by atoms with Crippen molar-refractivity contribution in [1.82, 2.24) is 10.3 Å². The Labute approximate surface area is 144 Å². The number of benzene rings is 1. The van der Waals surface area contributed by atoms with Gasteiger partial charge in [-0.25, -0.2) is 9.37 Å². The molecule has 0 atom stereocenters. The fourth-order valence-corrected chi connectivity index (χ4v) is 3.81. The van der Waals surface area contributed by atoms with Gasteiger partial charge in [0.1, 0.15) is 5.82 Å². The number of thiazole rings is 1. The normalized spacial score (nSPS) is 10.7. The first kappa shape index (κ1) is 17.9. The number of hydrogen-bond acceptors (Lipinski definition) is 4. The molecule has 0 bridgehead atoms. The third-order valence-electron chi connectivity index (χ3n) is 3.39. The molecule has 0 aliphatic carbocycles. The van der Waals surface area contributed by atoms with Gasteiger partial charge in [-0.15, -0.1) is 11.3 Å². The molecule has 6 heteroatoms. The lowest BCUT2D eigenvalue weighted by molar-refractivity contribution is -0.120. The summed E-state index contributed by atoms with van der Waals surface area (Å²) >= 11 is 3.37. The highest BCUT2D eigenvalue weighted by Gasteiger charge is 2.05. The van der Waals surface area contributed by atoms with Crippen molar-refractivity contribution in [1.29, 1.82) is 0 Å². The highest BCUT2D eigenvalue weighted by atomic mass is 32.2. The third kappa shape index (κ3) is 6.31. The molecule has 0 saturated heterocycles. The molecule has 1 aromatic heterocycles. The highest BCUT2D eigenvalue weighted by molar-refractivity contribution is 7.98. The molecule has 124 valence electrons. The Morgan fingerprint density at radius 1 is 1.30 bits per heavy atom. The second kappa shape index (κ2) is 9.03. The number of nitrogens with one attached hydrogen (secondary N) is 1. The zero-order valence-corrected chi connectivity index (χ0v) is 15.0. The maximum absolute atomic E-state index is 12.8. The van der Waals surface area contributed by atoms with Crippen molar-refractivity contribution in [3.8, 4) is 0 Å². The van der Waals surface area contributed by atoms with Gasteiger partial charge in [0.15, 0.2) is 0 Å². The Hall–Kier alpha value is -1.40. The topological polar surface area (TPSA) is 42.0 Å². The van der Waals surface area contributed by atoms with Gasteiger partial charge in [0.05, 0.1) is 10.7 Å². The Balaban J connectivity index is 1.57. The van der Waals surface area contributed by atoms with Crippen molar-refractivity contribution in [2.24, 2.45) is 0 Å². The molecule has 0 aliphatic rings. The van der Waals surface area contributed by atoms with E-state index in [1.54, 1.807) is 35.2 Å². The lowest BCUT2D eigenvalue weighted by Crippen LogP contribution is -2.25. The summed E-state index contributed by atoms with van der Waals surface area (Å²) in [5.74, 6) is 1.41. The number of carbonyl (C=O) groups is 1. The van der Waals surface area contributed by atoms with Gasteiger partial charge >= 0.3 is 0 Å². The molecule has 1 heterocycles. The Morgan fingerprint density at radius 3 is 2.70 bits per heavy atom. The summed E-state index contributed by atoms with van der Waals surface area (Å²) in [4.78, 5) is 17.5. The van der Waals surface area contributed by atoms with Crippen LogP contribution in [-0.2, 0) is 17.0 Å². The molecule has 1 aromatic carbocycles. The van der Waals surface area contributed by atoms with E-state index in [1.165, 1.54) is 17.0 Å². The van der Waals surface area contributed by atoms with Crippen molar-refractivity contribution in [3.63, 3.8) is 0 Å². The Morgan fingerprint density at radius 2 is 2.04 bits per heavy atom. The number of aromatic nitrogens is 1. The van der Waals surface area contributed by atoms with Crippen molar-refractivity contribution < 1.29 is 9.18 Å². The summed E-state index contributed by atoms with van der Waals surface area (Å²) in [7, 11) is 0. The number of thioether (sulfide) groups is 1. The lowest BCUT2D eigenvalue weighted by Gasteiger charge is -2.04. The van der Waals surface area contributed by atoms with Gasteiger partial charge < -0.3 is 5.32 Å². The molecule has 1 amide bonds. The summed E-state index contributed by atoms with van der Waals surface area (Å²) in [5, 5.41) is 4.01. The zero-order valence-electron chi connectivity index (χ0n) is 13.4. The van der Waals surface area contributed by atoms with Crippen LogP contribution in [0.15, 0.2) is 24.3 Å². The molecule has 0 spiro atoms. The number of halogens is 1. The molecule has 0 fully saturated rings. The molecular formula is C17H21FN2OS2. The van der Waals surface area contributed by atoms with Crippen LogP contribution < -0.4 is 5.32 Å². The second-order valence-corrected chi connectivity index (χ2v) is 7.67. The summed E-state index contributed by atoms with van der Waals surface area (Å²) in [5.41, 5.74) is 2.15. The van der Waals surface area contributed by atoms with Gasteiger partial charge in [0.25, 0.3) is 0 Å². The zero-order chi connectivity index (χ0) is 16.7. The van der Waals surface area contributed by atoms with E-state index in [0.717, 1.165) is 34.2 Å². The summed E-state index contributed by atoms with van der Waals surface area (Å²) < 4.78 is 12.8. The predicted octanol–water partition coefficient (Wildman–Crippen LogP) is 3.88. The van der Waals surface area contributed by atoms with Gasteiger partial charge in [-0.05, 0) is 31.5 Å². The van der Waals surface area contributed by atoms with Crippen molar-refractivity contribution >= 4 is 29.0 Å². The maximum Gasteiger partial charge on any atom is 0.220 e. The molecule has 0 unspecified atom stereocenters. The van der Waals surface area contributed by atoms with Crippen LogP contribution in [0.4, 0.5) is 4.39 Å². The average molecular weight is 353 g/mol. The molecule has 2 rings (SSSR count). The van der Waals surface area contributed by atoms with Crippen LogP contribution >= 0.6 is 23.1 Å². The minimum Gasteiger partial charge on any atom is -0.356 e. The van der Waals surface area contributed by atoms with E-state index in [2.05, 4.69) is 17.2 Å². The van der Waals surface area contributed by atoms with Crippen molar-refractivity contribution in [2.45, 2.75) is 32.4 Å². The van der Waals surface area contributed by atoms with E-state index in [0.29, 0.717) is 13.0 Å². The van der Waals surface area contributed by atoms with Crippen LogP contribution in [0.5, 0.6) is 0 Å².